The van der Waals surface area contributed by atoms with Gasteiger partial charge in [-0.2, -0.15) is 0 Å². The zero-order valence-electron chi connectivity index (χ0n) is 17.7. The standard InChI is InChI=1S/C16H18.C5H12.C4H10/c1-12(2)14-8-10-16(11-9-14)15-6-4-13(3)5-7-15;1-3-5-4-2;1-3-4-2/h4-12H,1-3H3;3-5H2,1-2H3;3-4H2,1-2H3. The van der Waals surface area contributed by atoms with Crippen LogP contribution in [-0.4, -0.2) is 0 Å². The minimum absolute atomic E-state index is 0.604. The van der Waals surface area contributed by atoms with Crippen molar-refractivity contribution in [3.05, 3.63) is 59.7 Å². The molecule has 0 atom stereocenters. The lowest BCUT2D eigenvalue weighted by Crippen LogP contribution is -1.86. The van der Waals surface area contributed by atoms with E-state index in [1.807, 2.05) is 0 Å². The summed E-state index contributed by atoms with van der Waals surface area (Å²) in [4.78, 5) is 0. The van der Waals surface area contributed by atoms with Gasteiger partial charge in [-0.15, -0.1) is 0 Å². The van der Waals surface area contributed by atoms with Crippen LogP contribution in [0.4, 0.5) is 0 Å². The van der Waals surface area contributed by atoms with Crippen LogP contribution in [0, 0.1) is 6.92 Å². The van der Waals surface area contributed by atoms with Crippen molar-refractivity contribution in [3.8, 4) is 11.1 Å². The topological polar surface area (TPSA) is 0 Å². The Labute approximate surface area is 157 Å². The minimum Gasteiger partial charge on any atom is -0.0654 e. The molecule has 0 N–H and O–H groups in total. The molecule has 0 aliphatic carbocycles. The Morgan fingerprint density at radius 1 is 0.600 bits per heavy atom. The number of rotatable bonds is 5. The Morgan fingerprint density at radius 2 is 1.00 bits per heavy atom. The predicted molar refractivity (Wildman–Crippen MR) is 116 cm³/mol. The van der Waals surface area contributed by atoms with E-state index in [-0.39, 0.29) is 0 Å². The average Bonchev–Trinajstić information content (AvgIpc) is 2.64. The van der Waals surface area contributed by atoms with Gasteiger partial charge in [-0.05, 0) is 29.5 Å². The molecule has 0 aromatic heterocycles. The van der Waals surface area contributed by atoms with Gasteiger partial charge >= 0.3 is 0 Å². The largest absolute Gasteiger partial charge is 0.0654 e. The Hall–Kier alpha value is -1.56. The maximum absolute atomic E-state index is 2.22. The van der Waals surface area contributed by atoms with Gasteiger partial charge in [0.15, 0.2) is 0 Å². The lowest BCUT2D eigenvalue weighted by Gasteiger charge is -2.07. The maximum Gasteiger partial charge on any atom is -0.0184 e. The van der Waals surface area contributed by atoms with Crippen LogP contribution in [0.15, 0.2) is 48.5 Å². The van der Waals surface area contributed by atoms with E-state index in [0.29, 0.717) is 5.92 Å². The summed E-state index contributed by atoms with van der Waals surface area (Å²) in [6, 6.07) is 17.5. The smallest absolute Gasteiger partial charge is 0.0184 e. The van der Waals surface area contributed by atoms with Gasteiger partial charge < -0.3 is 0 Å². The lowest BCUT2D eigenvalue weighted by molar-refractivity contribution is 0.772. The van der Waals surface area contributed by atoms with Crippen molar-refractivity contribution in [2.45, 2.75) is 86.5 Å². The molecule has 0 radical (unpaired) electrons. The Balaban J connectivity index is 0.000000536. The highest BCUT2D eigenvalue weighted by atomic mass is 14.1. The molecule has 0 fully saturated rings. The predicted octanol–water partition coefficient (Wildman–Crippen LogP) is 8.79. The van der Waals surface area contributed by atoms with Crippen molar-refractivity contribution in [1.82, 2.24) is 0 Å². The summed E-state index contributed by atoms with van der Waals surface area (Å²) in [5.41, 5.74) is 5.30. The van der Waals surface area contributed by atoms with Gasteiger partial charge in [0.1, 0.15) is 0 Å². The van der Waals surface area contributed by atoms with E-state index in [1.165, 1.54) is 54.4 Å². The molecule has 0 heterocycles. The molecule has 140 valence electrons. The van der Waals surface area contributed by atoms with E-state index < -0.39 is 0 Å². The Bertz CT molecular complexity index is 513. The maximum atomic E-state index is 2.22. The fourth-order valence-electron chi connectivity index (χ4n) is 2.16. The third-order valence-electron chi connectivity index (χ3n) is 4.17. The van der Waals surface area contributed by atoms with Crippen LogP contribution in [0.25, 0.3) is 11.1 Å². The van der Waals surface area contributed by atoms with E-state index in [9.17, 15) is 0 Å². The number of hydrogen-bond acceptors (Lipinski definition) is 0. The molecular weight excluding hydrogens is 300 g/mol. The van der Waals surface area contributed by atoms with Crippen molar-refractivity contribution in [3.63, 3.8) is 0 Å². The molecule has 2 rings (SSSR count). The van der Waals surface area contributed by atoms with Gasteiger partial charge in [-0.25, -0.2) is 0 Å². The summed E-state index contributed by atoms with van der Waals surface area (Å²) in [6.45, 7) is 15.3. The van der Waals surface area contributed by atoms with Crippen molar-refractivity contribution >= 4 is 0 Å². The summed E-state index contributed by atoms with van der Waals surface area (Å²) >= 11 is 0. The number of aryl methyl sites for hydroxylation is 1. The average molecular weight is 341 g/mol. The molecule has 0 amide bonds. The molecule has 25 heavy (non-hydrogen) atoms. The zero-order chi connectivity index (χ0) is 19.1. The highest BCUT2D eigenvalue weighted by Crippen LogP contribution is 2.22. The van der Waals surface area contributed by atoms with Crippen LogP contribution in [-0.2, 0) is 0 Å². The fraction of sp³-hybridized carbons (Fsp3) is 0.520. The van der Waals surface area contributed by atoms with Crippen LogP contribution in [0.5, 0.6) is 0 Å². The van der Waals surface area contributed by atoms with E-state index in [0.717, 1.165) is 0 Å². The van der Waals surface area contributed by atoms with Gasteiger partial charge in [-0.3, -0.25) is 0 Å². The third kappa shape index (κ3) is 10.8. The first-order valence-corrected chi connectivity index (χ1v) is 10.2. The first-order chi connectivity index (χ1) is 12.0. The Kier molecular flexibility index (Phi) is 13.8. The van der Waals surface area contributed by atoms with Crippen molar-refractivity contribution in [2.24, 2.45) is 0 Å². The number of benzene rings is 2. The summed E-state index contributed by atoms with van der Waals surface area (Å²) in [7, 11) is 0. The molecule has 2 aromatic rings. The van der Waals surface area contributed by atoms with E-state index in [2.05, 4.69) is 97.0 Å². The third-order valence-corrected chi connectivity index (χ3v) is 4.17. The van der Waals surface area contributed by atoms with Crippen LogP contribution >= 0.6 is 0 Å². The highest BCUT2D eigenvalue weighted by Gasteiger charge is 2.00. The highest BCUT2D eigenvalue weighted by molar-refractivity contribution is 5.64. The second kappa shape index (κ2) is 14.8. The van der Waals surface area contributed by atoms with Crippen LogP contribution in [0.1, 0.15) is 90.7 Å². The van der Waals surface area contributed by atoms with Crippen LogP contribution in [0.3, 0.4) is 0 Å². The van der Waals surface area contributed by atoms with E-state index >= 15 is 0 Å². The van der Waals surface area contributed by atoms with E-state index in [1.54, 1.807) is 0 Å². The SMILES string of the molecule is CCCC.CCCCC.Cc1ccc(-c2ccc(C(C)C)cc2)cc1. The summed E-state index contributed by atoms with van der Waals surface area (Å²) < 4.78 is 0. The monoisotopic (exact) mass is 340 g/mol. The fourth-order valence-corrected chi connectivity index (χ4v) is 2.16. The minimum atomic E-state index is 0.604. The first-order valence-electron chi connectivity index (χ1n) is 10.2. The lowest BCUT2D eigenvalue weighted by atomic mass is 9.98. The van der Waals surface area contributed by atoms with E-state index in [4.69, 9.17) is 0 Å². The Morgan fingerprint density at radius 3 is 1.28 bits per heavy atom. The summed E-state index contributed by atoms with van der Waals surface area (Å²) in [6.07, 6.45) is 6.72. The molecule has 0 saturated heterocycles. The van der Waals surface area contributed by atoms with Gasteiger partial charge in [0.2, 0.25) is 0 Å². The number of unbranched alkanes of at least 4 members (excludes halogenated alkanes) is 3. The zero-order valence-corrected chi connectivity index (χ0v) is 17.7. The van der Waals surface area contributed by atoms with Crippen LogP contribution < -0.4 is 0 Å². The van der Waals surface area contributed by atoms with Crippen molar-refractivity contribution in [1.29, 1.82) is 0 Å². The summed E-state index contributed by atoms with van der Waals surface area (Å²) in [5, 5.41) is 0. The van der Waals surface area contributed by atoms with Gasteiger partial charge in [0.25, 0.3) is 0 Å². The molecule has 0 nitrogen and oxygen atoms in total. The molecule has 0 unspecified atom stereocenters. The molecule has 0 aliphatic rings. The quantitative estimate of drug-likeness (QED) is 0.510. The molecule has 0 heteroatoms. The number of hydrogen-bond donors (Lipinski definition) is 0. The normalized spacial score (nSPS) is 9.76. The summed E-state index contributed by atoms with van der Waals surface area (Å²) in [5.74, 6) is 0.604. The van der Waals surface area contributed by atoms with Gasteiger partial charge in [-0.1, -0.05) is 128 Å². The molecule has 0 saturated carbocycles. The van der Waals surface area contributed by atoms with Gasteiger partial charge in [0.05, 0.1) is 0 Å². The molecule has 2 aromatic carbocycles. The molecular formula is C25H40. The van der Waals surface area contributed by atoms with Gasteiger partial charge in [0, 0.05) is 0 Å². The van der Waals surface area contributed by atoms with Crippen molar-refractivity contribution in [2.75, 3.05) is 0 Å². The second-order valence-electron chi connectivity index (χ2n) is 7.00. The van der Waals surface area contributed by atoms with Crippen molar-refractivity contribution < 1.29 is 0 Å². The molecule has 0 bridgehead atoms. The molecule has 0 aliphatic heterocycles. The van der Waals surface area contributed by atoms with Crippen LogP contribution in [0.2, 0.25) is 0 Å². The molecule has 0 spiro atoms. The second-order valence-corrected chi connectivity index (χ2v) is 7.00. The first kappa shape index (κ1) is 23.4.